The van der Waals surface area contributed by atoms with E-state index in [1.807, 2.05) is 6.92 Å². The molecule has 2 rings (SSSR count). The van der Waals surface area contributed by atoms with Gasteiger partial charge in [-0.1, -0.05) is 30.1 Å². The Bertz CT molecular complexity index is 714. The van der Waals surface area contributed by atoms with Gasteiger partial charge in [0, 0.05) is 11.3 Å². The van der Waals surface area contributed by atoms with E-state index in [0.717, 1.165) is 6.42 Å². The monoisotopic (exact) mass is 351 g/mol. The predicted molar refractivity (Wildman–Crippen MR) is 91.4 cm³/mol. The van der Waals surface area contributed by atoms with Gasteiger partial charge in [0.25, 0.3) is 5.91 Å². The van der Waals surface area contributed by atoms with Crippen molar-refractivity contribution in [1.29, 1.82) is 0 Å². The van der Waals surface area contributed by atoms with Gasteiger partial charge in [0.05, 0.1) is 22.2 Å². The third-order valence-electron chi connectivity index (χ3n) is 3.00. The molecule has 0 aliphatic rings. The Hall–Kier alpha value is -2.04. The van der Waals surface area contributed by atoms with Crippen molar-refractivity contribution in [2.45, 2.75) is 13.3 Å². The molecule has 0 aromatic heterocycles. The highest BCUT2D eigenvalue weighted by Crippen LogP contribution is 2.23. The highest BCUT2D eigenvalue weighted by atomic mass is 35.5. The second-order valence-electron chi connectivity index (χ2n) is 4.80. The van der Waals surface area contributed by atoms with Crippen LogP contribution in [0.25, 0.3) is 0 Å². The molecule has 0 aliphatic heterocycles. The Kier molecular flexibility index (Phi) is 6.02. The number of anilines is 1. The summed E-state index contributed by atoms with van der Waals surface area (Å²) in [4.78, 5) is 23.8. The molecule has 120 valence electrons. The first-order valence-corrected chi connectivity index (χ1v) is 7.80. The Balaban J connectivity index is 2.04. The zero-order valence-corrected chi connectivity index (χ0v) is 13.9. The van der Waals surface area contributed by atoms with Crippen molar-refractivity contribution in [2.75, 3.05) is 11.9 Å². The molecule has 0 radical (unpaired) electrons. The van der Waals surface area contributed by atoms with E-state index in [1.165, 1.54) is 6.07 Å². The van der Waals surface area contributed by atoms with Crippen LogP contribution < -0.4 is 5.32 Å². The lowest BCUT2D eigenvalue weighted by atomic mass is 10.2. The van der Waals surface area contributed by atoms with Crippen molar-refractivity contribution in [3.05, 3.63) is 63.6 Å². The highest BCUT2D eigenvalue weighted by Gasteiger charge is 2.10. The molecule has 23 heavy (non-hydrogen) atoms. The number of nitrogens with one attached hydrogen (secondary N) is 1. The van der Waals surface area contributed by atoms with Crippen molar-refractivity contribution in [1.82, 2.24) is 0 Å². The second kappa shape index (κ2) is 7.99. The van der Waals surface area contributed by atoms with Gasteiger partial charge in [-0.15, -0.1) is 0 Å². The Morgan fingerprint density at radius 1 is 1.00 bits per heavy atom. The van der Waals surface area contributed by atoms with Crippen LogP contribution in [0.5, 0.6) is 0 Å². The van der Waals surface area contributed by atoms with Crippen LogP contribution in [-0.2, 0) is 4.74 Å². The molecule has 4 nitrogen and oxygen atoms in total. The summed E-state index contributed by atoms with van der Waals surface area (Å²) >= 11 is 11.7. The fourth-order valence-electron chi connectivity index (χ4n) is 1.81. The number of ether oxygens (including phenoxy) is 1. The standard InChI is InChI=1S/C17H15Cl2NO3/c1-2-9-23-17(22)11-3-6-13(7-4-11)20-16(21)12-5-8-14(18)15(19)10-12/h3-8,10H,2,9H2,1H3,(H,20,21). The molecule has 0 fully saturated rings. The van der Waals surface area contributed by atoms with Crippen LogP contribution in [0.4, 0.5) is 5.69 Å². The van der Waals surface area contributed by atoms with Crippen LogP contribution in [0, 0.1) is 0 Å². The van der Waals surface area contributed by atoms with E-state index < -0.39 is 0 Å². The third-order valence-corrected chi connectivity index (χ3v) is 3.74. The second-order valence-corrected chi connectivity index (χ2v) is 5.61. The topological polar surface area (TPSA) is 55.4 Å². The number of hydrogen-bond acceptors (Lipinski definition) is 3. The summed E-state index contributed by atoms with van der Waals surface area (Å²) in [6, 6.07) is 11.1. The smallest absolute Gasteiger partial charge is 0.338 e. The summed E-state index contributed by atoms with van der Waals surface area (Å²) in [6.45, 7) is 2.31. The molecule has 1 N–H and O–H groups in total. The first-order chi connectivity index (χ1) is 11.0. The van der Waals surface area contributed by atoms with Crippen molar-refractivity contribution in [3.63, 3.8) is 0 Å². The van der Waals surface area contributed by atoms with E-state index in [4.69, 9.17) is 27.9 Å². The molecule has 0 atom stereocenters. The van der Waals surface area contributed by atoms with Gasteiger partial charge in [0.2, 0.25) is 0 Å². The number of hydrogen-bond donors (Lipinski definition) is 1. The lowest BCUT2D eigenvalue weighted by molar-refractivity contribution is 0.0505. The molecular formula is C17H15Cl2NO3. The predicted octanol–water partition coefficient (Wildman–Crippen LogP) is 4.81. The zero-order valence-electron chi connectivity index (χ0n) is 12.4. The van der Waals surface area contributed by atoms with Crippen LogP contribution in [0.1, 0.15) is 34.1 Å². The normalized spacial score (nSPS) is 10.2. The molecular weight excluding hydrogens is 337 g/mol. The van der Waals surface area contributed by atoms with Crippen molar-refractivity contribution >= 4 is 40.8 Å². The van der Waals surface area contributed by atoms with Crippen molar-refractivity contribution in [2.24, 2.45) is 0 Å². The number of rotatable bonds is 5. The number of amides is 1. The number of halogens is 2. The molecule has 0 heterocycles. The van der Waals surface area contributed by atoms with Crippen LogP contribution >= 0.6 is 23.2 Å². The van der Waals surface area contributed by atoms with Crippen LogP contribution in [0.15, 0.2) is 42.5 Å². The van der Waals surface area contributed by atoms with E-state index in [-0.39, 0.29) is 11.9 Å². The Morgan fingerprint density at radius 2 is 1.65 bits per heavy atom. The summed E-state index contributed by atoms with van der Waals surface area (Å²) < 4.78 is 5.04. The average molecular weight is 352 g/mol. The summed E-state index contributed by atoms with van der Waals surface area (Å²) in [7, 11) is 0. The lowest BCUT2D eigenvalue weighted by Gasteiger charge is -2.07. The average Bonchev–Trinajstić information content (AvgIpc) is 2.55. The van der Waals surface area contributed by atoms with Crippen LogP contribution in [0.2, 0.25) is 10.0 Å². The Labute approximate surface area is 144 Å². The molecule has 0 saturated heterocycles. The van der Waals surface area contributed by atoms with Crippen LogP contribution in [0.3, 0.4) is 0 Å². The van der Waals surface area contributed by atoms with Gasteiger partial charge >= 0.3 is 5.97 Å². The van der Waals surface area contributed by atoms with E-state index in [2.05, 4.69) is 5.32 Å². The van der Waals surface area contributed by atoms with Crippen molar-refractivity contribution in [3.8, 4) is 0 Å². The first-order valence-electron chi connectivity index (χ1n) is 7.05. The summed E-state index contributed by atoms with van der Waals surface area (Å²) in [6.07, 6.45) is 0.767. The van der Waals surface area contributed by atoms with E-state index in [1.54, 1.807) is 36.4 Å². The summed E-state index contributed by atoms with van der Waals surface area (Å²) in [5.74, 6) is -0.695. The number of esters is 1. The molecule has 1 amide bonds. The molecule has 0 saturated carbocycles. The largest absolute Gasteiger partial charge is 0.462 e. The lowest BCUT2D eigenvalue weighted by Crippen LogP contribution is -2.12. The first kappa shape index (κ1) is 17.3. The number of carbonyl (C=O) groups is 2. The molecule has 0 aliphatic carbocycles. The molecule has 0 bridgehead atoms. The highest BCUT2D eigenvalue weighted by molar-refractivity contribution is 6.42. The maximum absolute atomic E-state index is 12.1. The van der Waals surface area contributed by atoms with Crippen LogP contribution in [-0.4, -0.2) is 18.5 Å². The SMILES string of the molecule is CCCOC(=O)c1ccc(NC(=O)c2ccc(Cl)c(Cl)c2)cc1. The fraction of sp³-hybridized carbons (Fsp3) is 0.176. The minimum Gasteiger partial charge on any atom is -0.462 e. The van der Waals surface area contributed by atoms with E-state index >= 15 is 0 Å². The van der Waals surface area contributed by atoms with E-state index in [0.29, 0.717) is 33.5 Å². The molecule has 6 heteroatoms. The van der Waals surface area contributed by atoms with Gasteiger partial charge in [-0.2, -0.15) is 0 Å². The van der Waals surface area contributed by atoms with Gasteiger partial charge in [0.15, 0.2) is 0 Å². The minimum atomic E-state index is -0.380. The maximum atomic E-state index is 12.1. The van der Waals surface area contributed by atoms with Gasteiger partial charge < -0.3 is 10.1 Å². The van der Waals surface area contributed by atoms with Gasteiger partial charge in [-0.05, 0) is 48.9 Å². The number of benzene rings is 2. The summed E-state index contributed by atoms with van der Waals surface area (Å²) in [5, 5.41) is 3.42. The fourth-order valence-corrected chi connectivity index (χ4v) is 2.11. The van der Waals surface area contributed by atoms with Gasteiger partial charge in [0.1, 0.15) is 0 Å². The third kappa shape index (κ3) is 4.71. The minimum absolute atomic E-state index is 0.313. The quantitative estimate of drug-likeness (QED) is 0.786. The van der Waals surface area contributed by atoms with Gasteiger partial charge in [-0.25, -0.2) is 4.79 Å². The summed E-state index contributed by atoms with van der Waals surface area (Å²) in [5.41, 5.74) is 1.39. The zero-order chi connectivity index (χ0) is 16.8. The van der Waals surface area contributed by atoms with Crippen molar-refractivity contribution < 1.29 is 14.3 Å². The molecule has 2 aromatic rings. The van der Waals surface area contributed by atoms with E-state index in [9.17, 15) is 9.59 Å². The molecule has 0 unspecified atom stereocenters. The molecule has 2 aromatic carbocycles. The molecule has 0 spiro atoms. The van der Waals surface area contributed by atoms with Gasteiger partial charge in [-0.3, -0.25) is 4.79 Å². The number of carbonyl (C=O) groups excluding carboxylic acids is 2. The Morgan fingerprint density at radius 3 is 2.26 bits per heavy atom. The maximum Gasteiger partial charge on any atom is 0.338 e.